The minimum atomic E-state index is 0.138. The number of benzene rings is 2. The van der Waals surface area contributed by atoms with Gasteiger partial charge in [0.05, 0.1) is 26.4 Å². The Kier molecular flexibility index (Phi) is 6.63. The number of phenolic OH excluding ortho intramolecular Hbond substituents is 1. The average molecular weight is 354 g/mol. The number of hydrogen-bond acceptors (Lipinski definition) is 5. The highest BCUT2D eigenvalue weighted by Crippen LogP contribution is 2.28. The van der Waals surface area contributed by atoms with Gasteiger partial charge in [-0.2, -0.15) is 0 Å². The van der Waals surface area contributed by atoms with Crippen LogP contribution in [0, 0.1) is 0 Å². The fourth-order valence-electron chi connectivity index (χ4n) is 2.93. The molecule has 1 aliphatic rings. The molecule has 2 aromatic rings. The summed E-state index contributed by atoms with van der Waals surface area (Å²) in [5.74, 6) is 0.628. The van der Waals surface area contributed by atoms with E-state index in [1.54, 1.807) is 12.3 Å². The van der Waals surface area contributed by atoms with Crippen molar-refractivity contribution >= 4 is 6.21 Å². The van der Waals surface area contributed by atoms with Gasteiger partial charge in [0.25, 0.3) is 0 Å². The standard InChI is InChI=1S/C21H26N2O3/c1-2-26-20-5-3-4-19(21(20)24)15-22-14-17-6-8-18(9-7-17)16-23-10-12-25-13-11-23/h3-9,15,24H,2,10-14,16H2,1H3. The number of rotatable bonds is 7. The molecular weight excluding hydrogens is 328 g/mol. The number of hydrogen-bond donors (Lipinski definition) is 1. The number of phenols is 1. The topological polar surface area (TPSA) is 54.3 Å². The molecule has 5 nitrogen and oxygen atoms in total. The van der Waals surface area contributed by atoms with Crippen LogP contribution in [0.15, 0.2) is 47.5 Å². The lowest BCUT2D eigenvalue weighted by Gasteiger charge is -2.26. The first-order chi connectivity index (χ1) is 12.8. The molecule has 1 heterocycles. The van der Waals surface area contributed by atoms with Crippen LogP contribution in [0.2, 0.25) is 0 Å². The normalized spacial score (nSPS) is 15.4. The van der Waals surface area contributed by atoms with Crippen LogP contribution >= 0.6 is 0 Å². The van der Waals surface area contributed by atoms with E-state index in [0.717, 1.165) is 38.4 Å². The molecule has 1 aliphatic heterocycles. The van der Waals surface area contributed by atoms with Crippen molar-refractivity contribution in [2.75, 3.05) is 32.9 Å². The first kappa shape index (κ1) is 18.4. The third kappa shape index (κ3) is 5.07. The number of morpholine rings is 1. The molecule has 0 aromatic heterocycles. The quantitative estimate of drug-likeness (QED) is 0.776. The Morgan fingerprint density at radius 3 is 2.58 bits per heavy atom. The number of nitrogens with zero attached hydrogens (tertiary/aromatic N) is 2. The van der Waals surface area contributed by atoms with Crippen LogP contribution in [0.3, 0.4) is 0 Å². The maximum atomic E-state index is 10.2. The Morgan fingerprint density at radius 2 is 1.85 bits per heavy atom. The molecule has 26 heavy (non-hydrogen) atoms. The van der Waals surface area contributed by atoms with E-state index in [9.17, 15) is 5.11 Å². The zero-order valence-electron chi connectivity index (χ0n) is 15.2. The third-order valence-electron chi connectivity index (χ3n) is 4.37. The van der Waals surface area contributed by atoms with Crippen molar-refractivity contribution in [1.29, 1.82) is 0 Å². The van der Waals surface area contributed by atoms with E-state index in [-0.39, 0.29) is 5.75 Å². The van der Waals surface area contributed by atoms with Crippen molar-refractivity contribution in [3.63, 3.8) is 0 Å². The highest BCUT2D eigenvalue weighted by atomic mass is 16.5. The van der Waals surface area contributed by atoms with E-state index >= 15 is 0 Å². The summed E-state index contributed by atoms with van der Waals surface area (Å²) in [5, 5.41) is 10.2. The minimum absolute atomic E-state index is 0.138. The third-order valence-corrected chi connectivity index (χ3v) is 4.37. The van der Waals surface area contributed by atoms with Gasteiger partial charge in [-0.3, -0.25) is 9.89 Å². The smallest absolute Gasteiger partial charge is 0.166 e. The van der Waals surface area contributed by atoms with Gasteiger partial charge in [-0.25, -0.2) is 0 Å². The lowest BCUT2D eigenvalue weighted by Crippen LogP contribution is -2.35. The highest BCUT2D eigenvalue weighted by Gasteiger charge is 2.10. The van der Waals surface area contributed by atoms with Crippen LogP contribution in [0.25, 0.3) is 0 Å². The second-order valence-corrected chi connectivity index (χ2v) is 6.30. The van der Waals surface area contributed by atoms with Gasteiger partial charge in [0, 0.05) is 31.4 Å². The zero-order chi connectivity index (χ0) is 18.2. The molecule has 0 bridgehead atoms. The van der Waals surface area contributed by atoms with Crippen LogP contribution in [0.1, 0.15) is 23.6 Å². The van der Waals surface area contributed by atoms with Crippen molar-refractivity contribution < 1.29 is 14.6 Å². The Balaban J connectivity index is 1.56. The van der Waals surface area contributed by atoms with Gasteiger partial charge in [0.1, 0.15) is 0 Å². The van der Waals surface area contributed by atoms with E-state index in [2.05, 4.69) is 34.2 Å². The van der Waals surface area contributed by atoms with E-state index < -0.39 is 0 Å². The molecule has 1 fully saturated rings. The second-order valence-electron chi connectivity index (χ2n) is 6.30. The van der Waals surface area contributed by atoms with Crippen LogP contribution in [-0.4, -0.2) is 49.1 Å². The molecule has 0 aliphatic carbocycles. The summed E-state index contributed by atoms with van der Waals surface area (Å²) in [6.07, 6.45) is 1.69. The van der Waals surface area contributed by atoms with E-state index in [1.165, 1.54) is 5.56 Å². The molecule has 0 radical (unpaired) electrons. The van der Waals surface area contributed by atoms with Crippen molar-refractivity contribution in [3.05, 3.63) is 59.2 Å². The van der Waals surface area contributed by atoms with E-state index in [1.807, 2.05) is 19.1 Å². The SMILES string of the molecule is CCOc1cccc(C=NCc2ccc(CN3CCOCC3)cc2)c1O. The number of aromatic hydroxyl groups is 1. The van der Waals surface area contributed by atoms with Gasteiger partial charge >= 0.3 is 0 Å². The fraction of sp³-hybridized carbons (Fsp3) is 0.381. The van der Waals surface area contributed by atoms with Crippen molar-refractivity contribution in [1.82, 2.24) is 4.90 Å². The summed E-state index contributed by atoms with van der Waals surface area (Å²) in [6, 6.07) is 14.0. The average Bonchev–Trinajstić information content (AvgIpc) is 2.67. The zero-order valence-corrected chi connectivity index (χ0v) is 15.2. The van der Waals surface area contributed by atoms with Crippen LogP contribution in [-0.2, 0) is 17.8 Å². The minimum Gasteiger partial charge on any atom is -0.504 e. The summed E-state index contributed by atoms with van der Waals surface area (Å²) in [4.78, 5) is 6.86. The van der Waals surface area contributed by atoms with Crippen LogP contribution in [0.4, 0.5) is 0 Å². The molecular formula is C21H26N2O3. The number of para-hydroxylation sites is 1. The summed E-state index contributed by atoms with van der Waals surface area (Å²) in [6.45, 7) is 7.59. The molecule has 1 N–H and O–H groups in total. The highest BCUT2D eigenvalue weighted by molar-refractivity contribution is 5.84. The Morgan fingerprint density at radius 1 is 1.12 bits per heavy atom. The fourth-order valence-corrected chi connectivity index (χ4v) is 2.93. The molecule has 1 saturated heterocycles. The van der Waals surface area contributed by atoms with Crippen molar-refractivity contribution in [2.24, 2.45) is 4.99 Å². The molecule has 2 aromatic carbocycles. The first-order valence-corrected chi connectivity index (χ1v) is 9.09. The molecule has 5 heteroatoms. The second kappa shape index (κ2) is 9.36. The Bertz CT molecular complexity index is 723. The Labute approximate surface area is 154 Å². The molecule has 0 saturated carbocycles. The Hall–Kier alpha value is -2.37. The van der Waals surface area contributed by atoms with Gasteiger partial charge in [-0.15, -0.1) is 0 Å². The summed E-state index contributed by atoms with van der Waals surface area (Å²) < 4.78 is 10.8. The molecule has 0 amide bonds. The van der Waals surface area contributed by atoms with Crippen LogP contribution in [0.5, 0.6) is 11.5 Å². The van der Waals surface area contributed by atoms with Gasteiger partial charge in [0.15, 0.2) is 11.5 Å². The molecule has 0 spiro atoms. The summed E-state index contributed by atoms with van der Waals surface area (Å²) in [7, 11) is 0. The number of aliphatic imine (C=N–C) groups is 1. The maximum Gasteiger partial charge on any atom is 0.166 e. The molecule has 0 atom stereocenters. The van der Waals surface area contributed by atoms with Crippen molar-refractivity contribution in [2.45, 2.75) is 20.0 Å². The predicted octanol–water partition coefficient (Wildman–Crippen LogP) is 3.24. The van der Waals surface area contributed by atoms with E-state index in [4.69, 9.17) is 9.47 Å². The number of ether oxygens (including phenoxy) is 2. The molecule has 0 unspecified atom stereocenters. The predicted molar refractivity (Wildman–Crippen MR) is 103 cm³/mol. The van der Waals surface area contributed by atoms with Gasteiger partial charge in [-0.1, -0.05) is 30.3 Å². The van der Waals surface area contributed by atoms with Crippen molar-refractivity contribution in [3.8, 4) is 11.5 Å². The lowest BCUT2D eigenvalue weighted by atomic mass is 10.1. The van der Waals surface area contributed by atoms with E-state index in [0.29, 0.717) is 24.5 Å². The maximum absolute atomic E-state index is 10.2. The van der Waals surface area contributed by atoms with Crippen LogP contribution < -0.4 is 4.74 Å². The van der Waals surface area contributed by atoms with Gasteiger partial charge < -0.3 is 14.6 Å². The monoisotopic (exact) mass is 354 g/mol. The summed E-state index contributed by atoms with van der Waals surface area (Å²) in [5.41, 5.74) is 3.12. The first-order valence-electron chi connectivity index (χ1n) is 9.09. The summed E-state index contributed by atoms with van der Waals surface area (Å²) >= 11 is 0. The lowest BCUT2D eigenvalue weighted by molar-refractivity contribution is 0.0342. The molecule has 3 rings (SSSR count). The van der Waals surface area contributed by atoms with Gasteiger partial charge in [-0.05, 0) is 30.2 Å². The molecule has 138 valence electrons. The van der Waals surface area contributed by atoms with Gasteiger partial charge in [0.2, 0.25) is 0 Å². The largest absolute Gasteiger partial charge is 0.504 e.